The third-order valence-electron chi connectivity index (χ3n) is 4.91. The van der Waals surface area contributed by atoms with E-state index >= 15 is 0 Å². The van der Waals surface area contributed by atoms with Gasteiger partial charge in [-0.2, -0.15) is 0 Å². The maximum Gasteiger partial charge on any atom is 0.268 e. The van der Waals surface area contributed by atoms with Crippen molar-refractivity contribution in [2.24, 2.45) is 0 Å². The fourth-order valence-corrected chi connectivity index (χ4v) is 3.51. The number of amides is 2. The molecule has 1 aliphatic carbocycles. The van der Waals surface area contributed by atoms with E-state index in [4.69, 9.17) is 0 Å². The van der Waals surface area contributed by atoms with Crippen LogP contribution in [0, 0.1) is 0 Å². The van der Waals surface area contributed by atoms with Gasteiger partial charge in [0.15, 0.2) is 0 Å². The Morgan fingerprint density at radius 3 is 2.55 bits per heavy atom. The molecule has 0 radical (unpaired) electrons. The molecule has 0 bridgehead atoms. The number of aliphatic hydroxyl groups is 1. The van der Waals surface area contributed by atoms with Crippen molar-refractivity contribution in [3.63, 3.8) is 0 Å². The molecule has 2 aliphatic rings. The highest BCUT2D eigenvalue weighted by molar-refractivity contribution is 6.16. The van der Waals surface area contributed by atoms with Crippen LogP contribution in [0.5, 0.6) is 0 Å². The molecule has 0 aromatic heterocycles. The maximum absolute atomic E-state index is 12.7. The van der Waals surface area contributed by atoms with Gasteiger partial charge in [0.1, 0.15) is 0 Å². The highest BCUT2D eigenvalue weighted by atomic mass is 16.3. The molecule has 2 amide bonds. The average Bonchev–Trinajstić information content (AvgIpc) is 3.17. The number of carbonyl (C=O) groups excluding carboxylic acids is 2. The second-order valence-electron chi connectivity index (χ2n) is 6.26. The van der Waals surface area contributed by atoms with E-state index in [1.165, 1.54) is 4.90 Å². The van der Waals surface area contributed by atoms with Gasteiger partial charge in [-0.3, -0.25) is 9.59 Å². The molecule has 5 heteroatoms. The topological polar surface area (TPSA) is 60.9 Å². The molecule has 118 valence electrons. The van der Waals surface area contributed by atoms with Gasteiger partial charge in [0.25, 0.3) is 11.8 Å². The predicted molar refractivity (Wildman–Crippen MR) is 83.4 cm³/mol. The summed E-state index contributed by atoms with van der Waals surface area (Å²) in [5, 5.41) is 10.7. The van der Waals surface area contributed by atoms with Gasteiger partial charge in [-0.05, 0) is 25.0 Å². The normalized spacial score (nSPS) is 25.7. The fourth-order valence-electron chi connectivity index (χ4n) is 3.51. The lowest BCUT2D eigenvalue weighted by molar-refractivity contribution is -0.157. The van der Waals surface area contributed by atoms with E-state index in [0.29, 0.717) is 6.54 Å². The van der Waals surface area contributed by atoms with E-state index in [2.05, 4.69) is 0 Å². The molecule has 1 aliphatic heterocycles. The zero-order chi connectivity index (χ0) is 15.7. The van der Waals surface area contributed by atoms with Crippen molar-refractivity contribution in [2.45, 2.75) is 43.7 Å². The van der Waals surface area contributed by atoms with E-state index in [-0.39, 0.29) is 12.5 Å². The largest absolute Gasteiger partial charge is 0.372 e. The van der Waals surface area contributed by atoms with Crippen LogP contribution in [-0.2, 0) is 9.59 Å². The summed E-state index contributed by atoms with van der Waals surface area (Å²) < 4.78 is 0. The number of likely N-dealkylation sites (N-methyl/N-ethyl adjacent to an activating group) is 1. The molecule has 1 heterocycles. The van der Waals surface area contributed by atoms with Gasteiger partial charge in [0.2, 0.25) is 5.60 Å². The number of rotatable bonds is 3. The standard InChI is InChI=1S/C17H22N2O3/c1-18(13-7-5-6-8-13)15(20)17(22)11-12-19(16(17)21)14-9-3-2-4-10-14/h2-4,9-10,13,22H,5-8,11-12H2,1H3/t17-/m0/s1. The van der Waals surface area contributed by atoms with E-state index in [9.17, 15) is 14.7 Å². The second kappa shape index (κ2) is 5.72. The first-order valence-corrected chi connectivity index (χ1v) is 7.91. The van der Waals surface area contributed by atoms with Gasteiger partial charge in [-0.25, -0.2) is 0 Å². The van der Waals surface area contributed by atoms with Crippen LogP contribution in [0.25, 0.3) is 0 Å². The third kappa shape index (κ3) is 2.39. The van der Waals surface area contributed by atoms with E-state index < -0.39 is 17.4 Å². The summed E-state index contributed by atoms with van der Waals surface area (Å²) in [6.07, 6.45) is 4.26. The average molecular weight is 302 g/mol. The van der Waals surface area contributed by atoms with Crippen molar-refractivity contribution in [3.05, 3.63) is 30.3 Å². The second-order valence-corrected chi connectivity index (χ2v) is 6.26. The van der Waals surface area contributed by atoms with Crippen LogP contribution in [-0.4, -0.2) is 47.1 Å². The van der Waals surface area contributed by atoms with Gasteiger partial charge in [0.05, 0.1) is 0 Å². The number of anilines is 1. The Balaban J connectivity index is 1.78. The van der Waals surface area contributed by atoms with Gasteiger partial charge in [-0.15, -0.1) is 0 Å². The van der Waals surface area contributed by atoms with E-state index in [1.807, 2.05) is 30.3 Å². The molecule has 0 unspecified atom stereocenters. The monoisotopic (exact) mass is 302 g/mol. The van der Waals surface area contributed by atoms with Crippen LogP contribution in [0.2, 0.25) is 0 Å². The zero-order valence-corrected chi connectivity index (χ0v) is 12.9. The summed E-state index contributed by atoms with van der Waals surface area (Å²) in [6, 6.07) is 9.33. The van der Waals surface area contributed by atoms with Crippen molar-refractivity contribution in [1.82, 2.24) is 4.90 Å². The molecule has 1 N–H and O–H groups in total. The van der Waals surface area contributed by atoms with Gasteiger partial charge >= 0.3 is 0 Å². The predicted octanol–water partition coefficient (Wildman–Crippen LogP) is 1.56. The Morgan fingerprint density at radius 1 is 1.27 bits per heavy atom. The Morgan fingerprint density at radius 2 is 1.91 bits per heavy atom. The van der Waals surface area contributed by atoms with E-state index in [1.54, 1.807) is 11.9 Å². The number of carbonyl (C=O) groups is 2. The minimum atomic E-state index is -1.91. The minimum absolute atomic E-state index is 0.148. The highest BCUT2D eigenvalue weighted by Gasteiger charge is 2.53. The zero-order valence-electron chi connectivity index (χ0n) is 12.9. The third-order valence-corrected chi connectivity index (χ3v) is 4.91. The molecule has 1 saturated heterocycles. The quantitative estimate of drug-likeness (QED) is 0.862. The molecule has 5 nitrogen and oxygen atoms in total. The molecule has 3 rings (SSSR count). The maximum atomic E-state index is 12.7. The lowest BCUT2D eigenvalue weighted by Gasteiger charge is -2.31. The van der Waals surface area contributed by atoms with Crippen molar-refractivity contribution in [2.75, 3.05) is 18.5 Å². The first-order chi connectivity index (χ1) is 10.5. The summed E-state index contributed by atoms with van der Waals surface area (Å²) in [6.45, 7) is 0.365. The molecular weight excluding hydrogens is 280 g/mol. The number of para-hydroxylation sites is 1. The molecule has 1 aromatic carbocycles. The SMILES string of the molecule is CN(C(=O)[C@@]1(O)CCN(c2ccccc2)C1=O)C1CCCC1. The first-order valence-electron chi connectivity index (χ1n) is 7.91. The molecule has 1 aromatic rings. The fraction of sp³-hybridized carbons (Fsp3) is 0.529. The summed E-state index contributed by atoms with van der Waals surface area (Å²) in [5.41, 5.74) is -1.19. The molecule has 22 heavy (non-hydrogen) atoms. The van der Waals surface area contributed by atoms with Gasteiger partial charge < -0.3 is 14.9 Å². The smallest absolute Gasteiger partial charge is 0.268 e. The molecule has 0 spiro atoms. The highest BCUT2D eigenvalue weighted by Crippen LogP contribution is 2.31. The lowest BCUT2D eigenvalue weighted by atomic mass is 9.99. The summed E-state index contributed by atoms with van der Waals surface area (Å²) in [5.74, 6) is -0.962. The van der Waals surface area contributed by atoms with E-state index in [0.717, 1.165) is 31.4 Å². The van der Waals surface area contributed by atoms with Gasteiger partial charge in [0, 0.05) is 31.7 Å². The molecule has 2 fully saturated rings. The van der Waals surface area contributed by atoms with Crippen LogP contribution in [0.3, 0.4) is 0 Å². The molecular formula is C17H22N2O3. The minimum Gasteiger partial charge on any atom is -0.372 e. The van der Waals surface area contributed by atoms with Crippen LogP contribution in [0.15, 0.2) is 30.3 Å². The summed E-state index contributed by atoms with van der Waals surface area (Å²) in [4.78, 5) is 28.4. The van der Waals surface area contributed by atoms with Crippen molar-refractivity contribution in [1.29, 1.82) is 0 Å². The first kappa shape index (κ1) is 15.0. The number of nitrogens with zero attached hydrogens (tertiary/aromatic N) is 2. The number of hydrogen-bond donors (Lipinski definition) is 1. The van der Waals surface area contributed by atoms with Crippen molar-refractivity contribution >= 4 is 17.5 Å². The summed E-state index contributed by atoms with van der Waals surface area (Å²) in [7, 11) is 1.70. The van der Waals surface area contributed by atoms with Crippen molar-refractivity contribution < 1.29 is 14.7 Å². The van der Waals surface area contributed by atoms with Crippen molar-refractivity contribution in [3.8, 4) is 0 Å². The lowest BCUT2D eigenvalue weighted by Crippen LogP contribution is -2.55. The van der Waals surface area contributed by atoms with Crippen LogP contribution in [0.4, 0.5) is 5.69 Å². The van der Waals surface area contributed by atoms with Gasteiger partial charge in [-0.1, -0.05) is 31.0 Å². The Labute approximate surface area is 130 Å². The number of hydrogen-bond acceptors (Lipinski definition) is 3. The Hall–Kier alpha value is -1.88. The Bertz CT molecular complexity index is 569. The Kier molecular flexibility index (Phi) is 3.91. The summed E-state index contributed by atoms with van der Waals surface area (Å²) >= 11 is 0. The molecule has 1 atom stereocenters. The van der Waals surface area contributed by atoms with Crippen LogP contribution < -0.4 is 4.90 Å². The van der Waals surface area contributed by atoms with Crippen LogP contribution >= 0.6 is 0 Å². The number of benzene rings is 1. The molecule has 1 saturated carbocycles. The van der Waals surface area contributed by atoms with Crippen LogP contribution in [0.1, 0.15) is 32.1 Å².